The molecule has 2 aliphatic heterocycles. The van der Waals surface area contributed by atoms with Gasteiger partial charge in [0.2, 0.25) is 0 Å². The molecule has 2 unspecified atom stereocenters. The number of aromatic nitrogens is 1. The Hall–Kier alpha value is -0.320. The summed E-state index contributed by atoms with van der Waals surface area (Å²) in [6, 6.07) is 3.21. The van der Waals surface area contributed by atoms with E-state index < -0.39 is 0 Å². The van der Waals surface area contributed by atoms with Gasteiger partial charge < -0.3 is 5.32 Å². The second kappa shape index (κ2) is 4.75. The van der Waals surface area contributed by atoms with Crippen LogP contribution in [0, 0.1) is 0 Å². The van der Waals surface area contributed by atoms with Gasteiger partial charge in [0.1, 0.15) is 0 Å². The zero-order valence-corrected chi connectivity index (χ0v) is 11.8. The number of anilines is 1. The van der Waals surface area contributed by atoms with Crippen LogP contribution in [0.1, 0.15) is 19.3 Å². The minimum absolute atomic E-state index is 0.520. The highest BCUT2D eigenvalue weighted by Gasteiger charge is 2.37. The minimum Gasteiger partial charge on any atom is -0.378 e. The zero-order valence-electron chi connectivity index (χ0n) is 9.50. The van der Waals surface area contributed by atoms with Crippen molar-refractivity contribution in [2.45, 2.75) is 31.3 Å². The number of fused-ring (bicyclic) bond motifs is 1. The fraction of sp³-hybridized carbons (Fsp3) is 0.583. The highest BCUT2D eigenvalue weighted by Crippen LogP contribution is 2.32. The Morgan fingerprint density at radius 2 is 2.29 bits per heavy atom. The lowest BCUT2D eigenvalue weighted by atomic mass is 10.1. The van der Waals surface area contributed by atoms with Crippen molar-refractivity contribution in [2.24, 2.45) is 0 Å². The highest BCUT2D eigenvalue weighted by molar-refractivity contribution is 9.10. The molecule has 2 fully saturated rings. The summed E-state index contributed by atoms with van der Waals surface area (Å²) >= 11 is 9.54. The van der Waals surface area contributed by atoms with Crippen LogP contribution in [0.3, 0.4) is 0 Å². The first-order chi connectivity index (χ1) is 8.24. The normalized spacial score (nSPS) is 28.4. The lowest BCUT2D eigenvalue weighted by Crippen LogP contribution is -2.33. The number of hydrogen-bond donors (Lipinski definition) is 1. The molecule has 5 heteroatoms. The third kappa shape index (κ3) is 2.30. The molecule has 0 amide bonds. The van der Waals surface area contributed by atoms with Gasteiger partial charge in [0.25, 0.3) is 0 Å². The smallest absolute Gasteiger partial charge is 0.152 e. The molecule has 0 aliphatic carbocycles. The van der Waals surface area contributed by atoms with Crippen LogP contribution < -0.4 is 5.32 Å². The second-order valence-electron chi connectivity index (χ2n) is 4.78. The Morgan fingerprint density at radius 3 is 3.18 bits per heavy atom. The van der Waals surface area contributed by atoms with Gasteiger partial charge in [-0.3, -0.25) is 4.90 Å². The average molecular weight is 317 g/mol. The van der Waals surface area contributed by atoms with Gasteiger partial charge in [-0.05, 0) is 47.8 Å². The topological polar surface area (TPSA) is 28.2 Å². The van der Waals surface area contributed by atoms with Crippen LogP contribution >= 0.6 is 27.5 Å². The summed E-state index contributed by atoms with van der Waals surface area (Å²) in [5.74, 6) is 0. The van der Waals surface area contributed by atoms with Crippen molar-refractivity contribution in [3.05, 3.63) is 21.9 Å². The molecule has 2 saturated heterocycles. The molecule has 3 nitrogen and oxygen atoms in total. The third-order valence-corrected chi connectivity index (χ3v) is 4.49. The van der Waals surface area contributed by atoms with Gasteiger partial charge in [-0.2, -0.15) is 0 Å². The Bertz CT molecular complexity index is 426. The number of halogens is 2. The summed E-state index contributed by atoms with van der Waals surface area (Å²) in [6.07, 6.45) is 5.56. The molecule has 3 heterocycles. The summed E-state index contributed by atoms with van der Waals surface area (Å²) in [4.78, 5) is 6.73. The molecular formula is C12H15BrClN3. The largest absolute Gasteiger partial charge is 0.378 e. The molecule has 3 rings (SSSR count). The van der Waals surface area contributed by atoms with Crippen molar-refractivity contribution in [3.8, 4) is 0 Å². The van der Waals surface area contributed by atoms with E-state index in [1.165, 1.54) is 32.4 Å². The molecule has 1 aromatic rings. The summed E-state index contributed by atoms with van der Waals surface area (Å²) < 4.78 is 0.964. The van der Waals surface area contributed by atoms with Crippen LogP contribution in [0.15, 0.2) is 16.7 Å². The standard InChI is InChI=1S/C12H15BrClN3/c13-8-6-10(12(14)15-7-8)16-9-3-5-17-4-1-2-11(9)17/h6-7,9,11,16H,1-5H2. The first kappa shape index (κ1) is 11.8. The Kier molecular flexibility index (Phi) is 3.28. The molecule has 2 aliphatic rings. The summed E-state index contributed by atoms with van der Waals surface area (Å²) in [6.45, 7) is 2.47. The molecule has 0 saturated carbocycles. The summed E-state index contributed by atoms with van der Waals surface area (Å²) in [7, 11) is 0. The van der Waals surface area contributed by atoms with Gasteiger partial charge in [0.05, 0.1) is 5.69 Å². The molecular weight excluding hydrogens is 302 g/mol. The van der Waals surface area contributed by atoms with E-state index in [1.54, 1.807) is 6.20 Å². The summed E-state index contributed by atoms with van der Waals surface area (Å²) in [5.41, 5.74) is 0.944. The van der Waals surface area contributed by atoms with Gasteiger partial charge in [-0.25, -0.2) is 4.98 Å². The number of pyridine rings is 1. The Labute approximate surface area is 115 Å². The molecule has 92 valence electrons. The van der Waals surface area contributed by atoms with Crippen LogP contribution in [0.5, 0.6) is 0 Å². The van der Waals surface area contributed by atoms with Gasteiger partial charge in [0.15, 0.2) is 5.15 Å². The van der Waals surface area contributed by atoms with Gasteiger partial charge in [-0.15, -0.1) is 0 Å². The lowest BCUT2D eigenvalue weighted by Gasteiger charge is -2.22. The number of hydrogen-bond acceptors (Lipinski definition) is 3. The predicted octanol–water partition coefficient (Wildman–Crippen LogP) is 3.15. The van der Waals surface area contributed by atoms with Gasteiger partial charge in [-0.1, -0.05) is 11.6 Å². The van der Waals surface area contributed by atoms with E-state index in [2.05, 4.69) is 31.1 Å². The highest BCUT2D eigenvalue weighted by atomic mass is 79.9. The number of nitrogens with zero attached hydrogens (tertiary/aromatic N) is 2. The summed E-state index contributed by atoms with van der Waals surface area (Å²) in [5, 5.41) is 4.12. The Morgan fingerprint density at radius 1 is 1.41 bits per heavy atom. The molecule has 0 spiro atoms. The minimum atomic E-state index is 0.520. The quantitative estimate of drug-likeness (QED) is 0.850. The predicted molar refractivity (Wildman–Crippen MR) is 73.6 cm³/mol. The number of rotatable bonds is 2. The van der Waals surface area contributed by atoms with E-state index in [-0.39, 0.29) is 0 Å². The van der Waals surface area contributed by atoms with E-state index in [0.29, 0.717) is 17.2 Å². The van der Waals surface area contributed by atoms with Crippen molar-refractivity contribution < 1.29 is 0 Å². The molecule has 2 atom stereocenters. The molecule has 0 radical (unpaired) electrons. The van der Waals surface area contributed by atoms with Crippen molar-refractivity contribution >= 4 is 33.2 Å². The Balaban J connectivity index is 1.76. The van der Waals surface area contributed by atoms with Gasteiger partial charge >= 0.3 is 0 Å². The monoisotopic (exact) mass is 315 g/mol. The first-order valence-electron chi connectivity index (χ1n) is 6.05. The molecule has 17 heavy (non-hydrogen) atoms. The van der Waals surface area contributed by atoms with Crippen LogP contribution in [0.4, 0.5) is 5.69 Å². The fourth-order valence-electron chi connectivity index (χ4n) is 2.97. The SMILES string of the molecule is Clc1ncc(Br)cc1NC1CCN2CCCC12. The third-order valence-electron chi connectivity index (χ3n) is 3.75. The van der Waals surface area contributed by atoms with E-state index in [9.17, 15) is 0 Å². The van der Waals surface area contributed by atoms with E-state index in [4.69, 9.17) is 11.6 Å². The van der Waals surface area contributed by atoms with Gasteiger partial charge in [0, 0.05) is 29.3 Å². The molecule has 0 aromatic carbocycles. The lowest BCUT2D eigenvalue weighted by molar-refractivity contribution is 0.318. The van der Waals surface area contributed by atoms with Crippen LogP contribution in [-0.2, 0) is 0 Å². The first-order valence-corrected chi connectivity index (χ1v) is 7.23. The van der Waals surface area contributed by atoms with Crippen LogP contribution in [0.25, 0.3) is 0 Å². The molecule has 1 aromatic heterocycles. The maximum atomic E-state index is 6.11. The maximum absolute atomic E-state index is 6.11. The van der Waals surface area contributed by atoms with E-state index >= 15 is 0 Å². The van der Waals surface area contributed by atoms with Crippen LogP contribution in [0.2, 0.25) is 5.15 Å². The van der Waals surface area contributed by atoms with E-state index in [1.807, 2.05) is 6.07 Å². The maximum Gasteiger partial charge on any atom is 0.152 e. The molecule has 0 bridgehead atoms. The van der Waals surface area contributed by atoms with E-state index in [0.717, 1.165) is 10.2 Å². The van der Waals surface area contributed by atoms with Crippen molar-refractivity contribution in [2.75, 3.05) is 18.4 Å². The van der Waals surface area contributed by atoms with Crippen molar-refractivity contribution in [1.82, 2.24) is 9.88 Å². The average Bonchev–Trinajstić information content (AvgIpc) is 2.88. The van der Waals surface area contributed by atoms with Crippen molar-refractivity contribution in [3.63, 3.8) is 0 Å². The molecule has 1 N–H and O–H groups in total. The van der Waals surface area contributed by atoms with Crippen LogP contribution in [-0.4, -0.2) is 35.1 Å². The van der Waals surface area contributed by atoms with Crippen molar-refractivity contribution in [1.29, 1.82) is 0 Å². The fourth-order valence-corrected chi connectivity index (χ4v) is 3.46. The second-order valence-corrected chi connectivity index (χ2v) is 6.05. The zero-order chi connectivity index (χ0) is 11.8. The number of nitrogens with one attached hydrogen (secondary N) is 1.